The molecule has 6 aromatic rings. The number of hydrogen-bond acceptors (Lipinski definition) is 10. The third kappa shape index (κ3) is 14.3. The second kappa shape index (κ2) is 26.5. The molecule has 5 aromatic carbocycles. The van der Waals surface area contributed by atoms with Crippen LogP contribution in [0.25, 0.3) is 16.5 Å². The number of ether oxygens (including phenoxy) is 1. The number of hydrogen-bond donors (Lipinski definition) is 4. The molecule has 0 fully saturated rings. The summed E-state index contributed by atoms with van der Waals surface area (Å²) in [6.07, 6.45) is 19.2. The van der Waals surface area contributed by atoms with E-state index in [2.05, 4.69) is 34.8 Å². The molecule has 15 nitrogen and oxygen atoms in total. The first-order chi connectivity index (χ1) is 35.4. The topological polar surface area (TPSA) is 198 Å². The van der Waals surface area contributed by atoms with E-state index in [9.17, 15) is 34.4 Å². The fourth-order valence-corrected chi connectivity index (χ4v) is 10.5. The lowest BCUT2D eigenvalue weighted by Crippen LogP contribution is -2.35. The number of fused-ring (bicyclic) bond motifs is 2. The number of phenolic OH excluding ortho intramolecular Hbond substituents is 1. The van der Waals surface area contributed by atoms with E-state index in [0.29, 0.717) is 64.4 Å². The number of imidazole rings is 1. The first kappa shape index (κ1) is 53.6. The number of carbonyl (C=O) groups is 4. The lowest BCUT2D eigenvalue weighted by Gasteiger charge is -2.24. The number of aryl methyl sites for hydroxylation is 1. The van der Waals surface area contributed by atoms with E-state index in [0.717, 1.165) is 68.2 Å². The van der Waals surface area contributed by atoms with Gasteiger partial charge in [-0.25, -0.2) is 9.78 Å². The van der Waals surface area contributed by atoms with Crippen LogP contribution in [0.5, 0.6) is 11.5 Å². The van der Waals surface area contributed by atoms with E-state index in [4.69, 9.17) is 4.74 Å². The average molecular weight is 1010 g/mol. The molecule has 384 valence electrons. The van der Waals surface area contributed by atoms with Crippen molar-refractivity contribution in [2.75, 3.05) is 28.6 Å². The average Bonchev–Trinajstić information content (AvgIpc) is 4.02. The first-order valence-electron chi connectivity index (χ1n) is 25.8. The summed E-state index contributed by atoms with van der Waals surface area (Å²) < 4.78 is 7.99. The highest BCUT2D eigenvalue weighted by atomic mass is 32.2. The highest BCUT2D eigenvalue weighted by Crippen LogP contribution is 2.48. The van der Waals surface area contributed by atoms with Crippen LogP contribution in [-0.4, -0.2) is 56.5 Å². The fourth-order valence-electron chi connectivity index (χ4n) is 9.26. The van der Waals surface area contributed by atoms with Crippen molar-refractivity contribution in [3.8, 4) is 17.2 Å². The van der Waals surface area contributed by atoms with E-state index in [-0.39, 0.29) is 46.4 Å². The first-order valence-corrected chi connectivity index (χ1v) is 26.7. The van der Waals surface area contributed by atoms with Crippen molar-refractivity contribution in [3.05, 3.63) is 136 Å². The molecule has 1 heterocycles. The number of nitro benzene ring substituents is 1. The van der Waals surface area contributed by atoms with Gasteiger partial charge in [-0.1, -0.05) is 121 Å². The van der Waals surface area contributed by atoms with E-state index in [1.54, 1.807) is 72.9 Å². The minimum Gasteiger partial charge on any atom is -0.506 e. The normalized spacial score (nSPS) is 12.8. The maximum absolute atomic E-state index is 14.6. The second-order valence-electron chi connectivity index (χ2n) is 18.6. The Bertz CT molecular complexity index is 2870. The molecule has 0 bridgehead atoms. The molecule has 4 amide bonds. The molecule has 0 spiro atoms. The number of phenols is 1. The maximum atomic E-state index is 14.6. The van der Waals surface area contributed by atoms with Gasteiger partial charge in [0.2, 0.25) is 11.7 Å². The van der Waals surface area contributed by atoms with Crippen LogP contribution in [0.4, 0.5) is 27.5 Å². The number of benzene rings is 5. The second-order valence-corrected chi connectivity index (χ2v) is 19.8. The molecule has 1 unspecified atom stereocenters. The molecule has 0 aliphatic heterocycles. The summed E-state index contributed by atoms with van der Waals surface area (Å²) in [6.45, 7) is 6.64. The minimum absolute atomic E-state index is 0.0109. The Kier molecular flexibility index (Phi) is 19.4. The highest BCUT2D eigenvalue weighted by molar-refractivity contribution is 7.99. The molecule has 4 N–H and O–H groups in total. The Morgan fingerprint density at radius 2 is 1.45 bits per heavy atom. The molecule has 1 aliphatic carbocycles. The molecule has 0 saturated heterocycles. The lowest BCUT2D eigenvalue weighted by atomic mass is 10.0. The van der Waals surface area contributed by atoms with Gasteiger partial charge in [0.25, 0.3) is 11.8 Å². The number of anilines is 3. The standard InChI is InChI=1S/C57H67N7O8S/c1-4-6-8-10-11-12-13-14-15-17-35-63(49-20-18-19-46-45(49)30-31-47(53(46)66)55(68)61-43-26-24-42(25-27-43)60-39(3)65)57(69)72-51-37-41-23-32-52(48(41)38-50(51)64(70)71)73-56-59-34-36-62(56)44-28-21-40(22-29-44)54(67)58-33-16-9-7-5-2/h18-22,24-31,34,36-38,52,66H,4-17,23,32-33,35H2,1-3H3,(H,58,67)(H,60,65)(H,61,68). The largest absolute Gasteiger partial charge is 0.506 e. The quantitative estimate of drug-likeness (QED) is 0.0230. The number of thioether (sulfide) groups is 1. The van der Waals surface area contributed by atoms with Crippen LogP contribution in [0.1, 0.15) is 154 Å². The molecular formula is C57H67N7O8S. The number of nitrogens with one attached hydrogen (secondary N) is 3. The van der Waals surface area contributed by atoms with Crippen molar-refractivity contribution >= 4 is 69.1 Å². The van der Waals surface area contributed by atoms with Crippen LogP contribution < -0.4 is 25.6 Å². The summed E-state index contributed by atoms with van der Waals surface area (Å²) in [5.74, 6) is -1.34. The van der Waals surface area contributed by atoms with Crippen molar-refractivity contribution < 1.29 is 33.9 Å². The van der Waals surface area contributed by atoms with Gasteiger partial charge in [-0.3, -0.25) is 34.0 Å². The molecule has 7 rings (SSSR count). The van der Waals surface area contributed by atoms with Gasteiger partial charge in [0.05, 0.1) is 16.2 Å². The van der Waals surface area contributed by atoms with E-state index >= 15 is 0 Å². The van der Waals surface area contributed by atoms with Crippen LogP contribution in [0.2, 0.25) is 0 Å². The van der Waals surface area contributed by atoms with Crippen LogP contribution in [-0.2, 0) is 11.2 Å². The number of aromatic nitrogens is 2. The maximum Gasteiger partial charge on any atom is 0.420 e. The number of aromatic hydroxyl groups is 1. The van der Waals surface area contributed by atoms with Crippen molar-refractivity contribution in [3.63, 3.8) is 0 Å². The molecule has 1 aromatic heterocycles. The highest BCUT2D eigenvalue weighted by Gasteiger charge is 2.32. The van der Waals surface area contributed by atoms with Crippen molar-refractivity contribution in [2.24, 2.45) is 0 Å². The zero-order valence-electron chi connectivity index (χ0n) is 42.1. The third-order valence-corrected chi connectivity index (χ3v) is 14.5. The lowest BCUT2D eigenvalue weighted by molar-refractivity contribution is -0.385. The summed E-state index contributed by atoms with van der Waals surface area (Å²) in [4.78, 5) is 70.7. The summed E-state index contributed by atoms with van der Waals surface area (Å²) in [7, 11) is 0. The van der Waals surface area contributed by atoms with Gasteiger partial charge in [-0.15, -0.1) is 0 Å². The molecular weight excluding hydrogens is 943 g/mol. The molecule has 0 saturated carbocycles. The van der Waals surface area contributed by atoms with Gasteiger partial charge < -0.3 is 25.8 Å². The van der Waals surface area contributed by atoms with Crippen molar-refractivity contribution in [2.45, 2.75) is 134 Å². The summed E-state index contributed by atoms with van der Waals surface area (Å²) in [5, 5.41) is 34.2. The smallest absolute Gasteiger partial charge is 0.420 e. The number of unbranched alkanes of at least 4 members (excludes halogenated alkanes) is 12. The zero-order chi connectivity index (χ0) is 51.7. The summed E-state index contributed by atoms with van der Waals surface area (Å²) >= 11 is 1.50. The number of carbonyl (C=O) groups excluding carboxylic acids is 4. The molecule has 1 aliphatic rings. The minimum atomic E-state index is -0.808. The molecule has 73 heavy (non-hydrogen) atoms. The van der Waals surface area contributed by atoms with Crippen LogP contribution in [0, 0.1) is 10.1 Å². The van der Waals surface area contributed by atoms with E-state index < -0.39 is 16.9 Å². The van der Waals surface area contributed by atoms with Crippen LogP contribution in [0.15, 0.2) is 109 Å². The Morgan fingerprint density at radius 1 is 0.795 bits per heavy atom. The number of rotatable bonds is 26. The van der Waals surface area contributed by atoms with Gasteiger partial charge in [-0.05, 0) is 104 Å². The van der Waals surface area contributed by atoms with Crippen LogP contribution >= 0.6 is 11.8 Å². The van der Waals surface area contributed by atoms with Gasteiger partial charge in [0.15, 0.2) is 5.16 Å². The van der Waals surface area contributed by atoms with Gasteiger partial charge >= 0.3 is 11.8 Å². The molecule has 0 radical (unpaired) electrons. The third-order valence-electron chi connectivity index (χ3n) is 13.2. The molecule has 16 heteroatoms. The number of nitro groups is 1. The van der Waals surface area contributed by atoms with Crippen molar-refractivity contribution in [1.82, 2.24) is 14.9 Å². The molecule has 1 atom stereocenters. The fraction of sp³-hybridized carbons (Fsp3) is 0.386. The monoisotopic (exact) mass is 1010 g/mol. The predicted molar refractivity (Wildman–Crippen MR) is 290 cm³/mol. The summed E-state index contributed by atoms with van der Waals surface area (Å²) in [6, 6.07) is 25.3. The number of nitrogens with zero attached hydrogens (tertiary/aromatic N) is 4. The van der Waals surface area contributed by atoms with Gasteiger partial charge in [0, 0.05) is 77.1 Å². The summed E-state index contributed by atoms with van der Waals surface area (Å²) in [5.41, 5.74) is 4.11. The SMILES string of the molecule is CCCCCCCCCCCCN(C(=O)Oc1cc2c(cc1[N+](=O)[O-])C(Sc1nccn1-c1ccc(C(=O)NCCCCCC)cc1)CC2)c1cccc2c(O)c(C(=O)Nc3ccc(NC(C)=O)cc3)ccc12. The van der Waals surface area contributed by atoms with Crippen molar-refractivity contribution in [1.29, 1.82) is 0 Å². The Balaban J connectivity index is 1.09. The van der Waals surface area contributed by atoms with Gasteiger partial charge in [0.1, 0.15) is 5.75 Å². The van der Waals surface area contributed by atoms with E-state index in [1.165, 1.54) is 67.8 Å². The Hall–Kier alpha value is -7.20. The predicted octanol–water partition coefficient (Wildman–Crippen LogP) is 13.9. The van der Waals surface area contributed by atoms with E-state index in [1.807, 2.05) is 22.9 Å². The Morgan fingerprint density at radius 3 is 2.12 bits per heavy atom. The zero-order valence-corrected chi connectivity index (χ0v) is 42.9. The Labute approximate surface area is 431 Å². The van der Waals surface area contributed by atoms with Gasteiger partial charge in [-0.2, -0.15) is 0 Å². The number of amides is 4. The van der Waals surface area contributed by atoms with Crippen LogP contribution in [0.3, 0.4) is 0 Å².